The number of anilines is 1. The summed E-state index contributed by atoms with van der Waals surface area (Å²) in [4.78, 5) is 2.60. The summed E-state index contributed by atoms with van der Waals surface area (Å²) >= 11 is 6.49. The number of hydrogen-bond acceptors (Lipinski definition) is 5. The van der Waals surface area contributed by atoms with E-state index in [1.807, 2.05) is 6.92 Å². The van der Waals surface area contributed by atoms with E-state index in [2.05, 4.69) is 34.2 Å². The number of aryl methyl sites for hydroxylation is 1. The molecule has 1 aromatic rings. The molecule has 0 unspecified atom stereocenters. The molecule has 6 heteroatoms. The molecule has 0 N–H and O–H groups in total. The topological polar surface area (TPSA) is 40.4 Å². The quantitative estimate of drug-likeness (QED) is 0.703. The highest BCUT2D eigenvalue weighted by Crippen LogP contribution is 2.54. The Labute approximate surface area is 166 Å². The van der Waals surface area contributed by atoms with Crippen molar-refractivity contribution in [2.45, 2.75) is 50.7 Å². The average Bonchev–Trinajstić information content (AvgIpc) is 3.40. The van der Waals surface area contributed by atoms with E-state index in [1.54, 1.807) is 5.57 Å². The van der Waals surface area contributed by atoms with Crippen molar-refractivity contribution in [3.63, 3.8) is 0 Å². The highest BCUT2D eigenvalue weighted by atomic mass is 35.5. The maximum absolute atomic E-state index is 6.49. The Balaban J connectivity index is 1.62. The van der Waals surface area contributed by atoms with Crippen molar-refractivity contribution < 1.29 is 4.74 Å². The molecule has 2 aliphatic heterocycles. The first-order valence-electron chi connectivity index (χ1n) is 10.2. The van der Waals surface area contributed by atoms with Crippen molar-refractivity contribution in [1.82, 2.24) is 4.90 Å². The Morgan fingerprint density at radius 3 is 2.81 bits per heavy atom. The van der Waals surface area contributed by atoms with E-state index in [1.165, 1.54) is 25.7 Å². The van der Waals surface area contributed by atoms with Gasteiger partial charge >= 0.3 is 0 Å². The first kappa shape index (κ1) is 17.7. The summed E-state index contributed by atoms with van der Waals surface area (Å²) in [5.41, 5.74) is 3.54. The summed E-state index contributed by atoms with van der Waals surface area (Å²) in [5.74, 6) is 0.471. The zero-order valence-corrected chi connectivity index (χ0v) is 16.7. The lowest BCUT2D eigenvalue weighted by molar-refractivity contribution is -0.0340. The molecule has 5 nitrogen and oxygen atoms in total. The third kappa shape index (κ3) is 2.66. The third-order valence-electron chi connectivity index (χ3n) is 6.79. The molecule has 0 bridgehead atoms. The summed E-state index contributed by atoms with van der Waals surface area (Å²) in [6.45, 7) is 5.47. The first-order valence-corrected chi connectivity index (χ1v) is 10.6. The summed E-state index contributed by atoms with van der Waals surface area (Å²) in [7, 11) is 0. The van der Waals surface area contributed by atoms with Crippen LogP contribution in [0.3, 0.4) is 0 Å². The molecule has 27 heavy (non-hydrogen) atoms. The van der Waals surface area contributed by atoms with Crippen molar-refractivity contribution in [2.24, 2.45) is 16.3 Å². The fourth-order valence-corrected chi connectivity index (χ4v) is 5.70. The number of halogens is 1. The number of fused-ring (bicyclic) bond motifs is 1. The van der Waals surface area contributed by atoms with Gasteiger partial charge in [-0.05, 0) is 56.7 Å². The monoisotopic (exact) mass is 386 g/mol. The zero-order chi connectivity index (χ0) is 18.4. The minimum absolute atomic E-state index is 0.210. The predicted octanol–water partition coefficient (Wildman–Crippen LogP) is 4.75. The summed E-state index contributed by atoms with van der Waals surface area (Å²) in [6, 6.07) is 6.50. The van der Waals surface area contributed by atoms with Crippen molar-refractivity contribution >= 4 is 17.3 Å². The van der Waals surface area contributed by atoms with Crippen LogP contribution in [0.4, 0.5) is 5.69 Å². The van der Waals surface area contributed by atoms with Gasteiger partial charge in [0.2, 0.25) is 0 Å². The lowest BCUT2D eigenvalue weighted by Crippen LogP contribution is -2.66. The van der Waals surface area contributed by atoms with Gasteiger partial charge in [0.1, 0.15) is 11.7 Å². The second kappa shape index (κ2) is 6.87. The molecule has 1 aromatic carbocycles. The SMILES string of the molecule is Cc1ccc(N2N=N[C@H]3CC[C@@H](C4=CCCC4)[C@]32N2CCOCC2)cc1Cl. The number of nitrogens with zero attached hydrogens (tertiary/aromatic N) is 4. The molecule has 0 spiro atoms. The lowest BCUT2D eigenvalue weighted by Gasteiger charge is -2.50. The van der Waals surface area contributed by atoms with E-state index < -0.39 is 0 Å². The van der Waals surface area contributed by atoms with Gasteiger partial charge in [-0.25, -0.2) is 5.01 Å². The van der Waals surface area contributed by atoms with Crippen LogP contribution < -0.4 is 5.01 Å². The van der Waals surface area contributed by atoms with Gasteiger partial charge in [-0.1, -0.05) is 34.5 Å². The van der Waals surface area contributed by atoms with E-state index in [9.17, 15) is 0 Å². The van der Waals surface area contributed by atoms with Gasteiger partial charge < -0.3 is 4.74 Å². The Kier molecular flexibility index (Phi) is 4.49. The number of ether oxygens (including phenoxy) is 1. The standard InChI is InChI=1S/C21H27ClN4O/c1-15-6-7-17(14-19(15)22)26-21(25-10-12-27-13-11-25)18(16-4-2-3-5-16)8-9-20(21)23-24-26/h4,6-7,14,18,20H,2-3,5,8-13H2,1H3/t18-,20-,21+/m0/s1. The minimum atomic E-state index is -0.210. The van der Waals surface area contributed by atoms with Crippen LogP contribution in [-0.4, -0.2) is 42.9 Å². The van der Waals surface area contributed by atoms with Gasteiger partial charge in [-0.15, -0.1) is 0 Å². The Bertz CT molecular complexity index is 788. The molecule has 2 heterocycles. The highest BCUT2D eigenvalue weighted by molar-refractivity contribution is 6.31. The van der Waals surface area contributed by atoms with Crippen LogP contribution in [0.15, 0.2) is 40.2 Å². The molecular weight excluding hydrogens is 360 g/mol. The number of benzene rings is 1. The first-order chi connectivity index (χ1) is 13.2. The van der Waals surface area contributed by atoms with Crippen molar-refractivity contribution in [1.29, 1.82) is 0 Å². The van der Waals surface area contributed by atoms with Crippen molar-refractivity contribution in [3.05, 3.63) is 40.4 Å². The smallest absolute Gasteiger partial charge is 0.148 e. The fourth-order valence-electron chi connectivity index (χ4n) is 5.53. The maximum Gasteiger partial charge on any atom is 0.148 e. The number of rotatable bonds is 3. The minimum Gasteiger partial charge on any atom is -0.379 e. The summed E-state index contributed by atoms with van der Waals surface area (Å²) in [5, 5.41) is 12.5. The van der Waals surface area contributed by atoms with E-state index in [4.69, 9.17) is 26.7 Å². The molecule has 4 aliphatic rings. The van der Waals surface area contributed by atoms with Crippen LogP contribution >= 0.6 is 11.6 Å². The molecule has 2 fully saturated rings. The zero-order valence-electron chi connectivity index (χ0n) is 15.9. The molecule has 1 saturated carbocycles. The number of morpholine rings is 1. The van der Waals surface area contributed by atoms with E-state index in [-0.39, 0.29) is 11.7 Å². The van der Waals surface area contributed by atoms with Crippen molar-refractivity contribution in [2.75, 3.05) is 31.3 Å². The molecule has 144 valence electrons. The van der Waals surface area contributed by atoms with Gasteiger partial charge in [0, 0.05) is 24.0 Å². The highest BCUT2D eigenvalue weighted by Gasteiger charge is 2.62. The average molecular weight is 387 g/mol. The summed E-state index contributed by atoms with van der Waals surface area (Å²) in [6.07, 6.45) is 8.46. The Morgan fingerprint density at radius 1 is 1.22 bits per heavy atom. The molecule has 0 amide bonds. The van der Waals surface area contributed by atoms with Crippen LogP contribution in [-0.2, 0) is 4.74 Å². The van der Waals surface area contributed by atoms with Gasteiger partial charge in [0.15, 0.2) is 0 Å². The van der Waals surface area contributed by atoms with Crippen LogP contribution in [0.2, 0.25) is 5.02 Å². The largest absolute Gasteiger partial charge is 0.379 e. The van der Waals surface area contributed by atoms with Gasteiger partial charge in [-0.3, -0.25) is 4.90 Å². The molecule has 0 aromatic heterocycles. The van der Waals surface area contributed by atoms with Gasteiger partial charge in [0.25, 0.3) is 0 Å². The molecular formula is C21H27ClN4O. The molecule has 2 aliphatic carbocycles. The second-order valence-electron chi connectivity index (χ2n) is 8.15. The van der Waals surface area contributed by atoms with Crippen LogP contribution in [0.1, 0.15) is 37.7 Å². The van der Waals surface area contributed by atoms with Crippen LogP contribution in [0, 0.1) is 12.8 Å². The van der Waals surface area contributed by atoms with Gasteiger partial charge in [0.05, 0.1) is 18.9 Å². The second-order valence-corrected chi connectivity index (χ2v) is 8.56. The van der Waals surface area contributed by atoms with Gasteiger partial charge in [-0.2, -0.15) is 5.11 Å². The summed E-state index contributed by atoms with van der Waals surface area (Å²) < 4.78 is 5.68. The molecule has 5 rings (SSSR count). The molecule has 0 radical (unpaired) electrons. The van der Waals surface area contributed by atoms with E-state index in [0.29, 0.717) is 5.92 Å². The fraction of sp³-hybridized carbons (Fsp3) is 0.619. The Hall–Kier alpha value is -1.43. The lowest BCUT2D eigenvalue weighted by atomic mass is 9.84. The maximum atomic E-state index is 6.49. The van der Waals surface area contributed by atoms with E-state index in [0.717, 1.165) is 49.0 Å². The Morgan fingerprint density at radius 2 is 2.07 bits per heavy atom. The van der Waals surface area contributed by atoms with Crippen molar-refractivity contribution in [3.8, 4) is 0 Å². The predicted molar refractivity (Wildman–Crippen MR) is 107 cm³/mol. The van der Waals surface area contributed by atoms with Crippen LogP contribution in [0.25, 0.3) is 0 Å². The van der Waals surface area contributed by atoms with E-state index >= 15 is 0 Å². The third-order valence-corrected chi connectivity index (χ3v) is 7.20. The van der Waals surface area contributed by atoms with Crippen LogP contribution in [0.5, 0.6) is 0 Å². The molecule has 1 saturated heterocycles. The molecule has 3 atom stereocenters. The number of allylic oxidation sites excluding steroid dienone is 1. The number of hydrogen-bond donors (Lipinski definition) is 0. The normalized spacial score (nSPS) is 33.6.